The highest BCUT2D eigenvalue weighted by molar-refractivity contribution is 6.01. The minimum Gasteiger partial charge on any atom is -0.495 e. The Labute approximate surface area is 106 Å². The Balaban J connectivity index is 2.34. The number of hydrogen-bond acceptors (Lipinski definition) is 3. The summed E-state index contributed by atoms with van der Waals surface area (Å²) in [5.41, 5.74) is 6.98. The minimum absolute atomic E-state index is 0.0947. The van der Waals surface area contributed by atoms with Gasteiger partial charge in [-0.25, -0.2) is 0 Å². The number of ether oxygens (including phenoxy) is 1. The average Bonchev–Trinajstić information content (AvgIpc) is 2.71. The van der Waals surface area contributed by atoms with Crippen LogP contribution in [-0.4, -0.2) is 25.5 Å². The molecule has 0 bridgehead atoms. The summed E-state index contributed by atoms with van der Waals surface area (Å²) in [6.45, 7) is 2.27. The molecule has 1 atom stereocenters. The number of nitrogens with zero attached hydrogens (tertiary/aromatic N) is 1. The number of hydrogen-bond donors (Lipinski definition) is 1. The summed E-state index contributed by atoms with van der Waals surface area (Å²) in [6.07, 6.45) is 0.173. The normalized spacial score (nSPS) is 19.1. The maximum absolute atomic E-state index is 11.9. The molecule has 2 amide bonds. The van der Waals surface area contributed by atoms with Crippen LogP contribution in [0.3, 0.4) is 0 Å². The van der Waals surface area contributed by atoms with E-state index in [1.165, 1.54) is 0 Å². The number of carbonyl (C=O) groups excluding carboxylic acids is 2. The van der Waals surface area contributed by atoms with Gasteiger partial charge in [-0.3, -0.25) is 9.59 Å². The summed E-state index contributed by atoms with van der Waals surface area (Å²) >= 11 is 0. The van der Waals surface area contributed by atoms with Gasteiger partial charge in [-0.05, 0) is 24.6 Å². The Morgan fingerprint density at radius 3 is 2.78 bits per heavy atom. The number of anilines is 1. The van der Waals surface area contributed by atoms with E-state index in [-0.39, 0.29) is 12.3 Å². The van der Waals surface area contributed by atoms with Gasteiger partial charge >= 0.3 is 0 Å². The lowest BCUT2D eigenvalue weighted by Gasteiger charge is -2.19. The van der Waals surface area contributed by atoms with Crippen molar-refractivity contribution in [2.24, 2.45) is 11.7 Å². The van der Waals surface area contributed by atoms with E-state index >= 15 is 0 Å². The molecule has 18 heavy (non-hydrogen) atoms. The smallest absolute Gasteiger partial charge is 0.227 e. The molecule has 2 rings (SSSR count). The summed E-state index contributed by atoms with van der Waals surface area (Å²) in [7, 11) is 1.56. The Kier molecular flexibility index (Phi) is 3.23. The minimum atomic E-state index is -0.433. The van der Waals surface area contributed by atoms with Crippen LogP contribution in [0.2, 0.25) is 0 Å². The van der Waals surface area contributed by atoms with E-state index in [1.807, 2.05) is 25.1 Å². The number of methoxy groups -OCH3 is 1. The number of carbonyl (C=O) groups is 2. The van der Waals surface area contributed by atoms with Crippen LogP contribution in [0, 0.1) is 12.8 Å². The van der Waals surface area contributed by atoms with Crippen molar-refractivity contribution in [1.29, 1.82) is 0 Å². The van der Waals surface area contributed by atoms with Crippen LogP contribution in [-0.2, 0) is 9.59 Å². The van der Waals surface area contributed by atoms with Crippen LogP contribution < -0.4 is 15.4 Å². The lowest BCUT2D eigenvalue weighted by atomic mass is 10.1. The molecule has 96 valence electrons. The molecule has 0 spiro atoms. The zero-order valence-corrected chi connectivity index (χ0v) is 10.5. The average molecular weight is 248 g/mol. The van der Waals surface area contributed by atoms with Gasteiger partial charge in [0.1, 0.15) is 5.75 Å². The third kappa shape index (κ3) is 2.16. The molecular weight excluding hydrogens is 232 g/mol. The molecule has 0 saturated carbocycles. The lowest BCUT2D eigenvalue weighted by molar-refractivity contribution is -0.123. The Bertz CT molecular complexity index is 499. The summed E-state index contributed by atoms with van der Waals surface area (Å²) in [5.74, 6) is -0.318. The first kappa shape index (κ1) is 12.4. The highest BCUT2D eigenvalue weighted by atomic mass is 16.5. The molecule has 5 heteroatoms. The molecule has 1 saturated heterocycles. The molecule has 1 aliphatic heterocycles. The first-order chi connectivity index (χ1) is 8.52. The van der Waals surface area contributed by atoms with Crippen molar-refractivity contribution >= 4 is 17.5 Å². The third-order valence-electron chi connectivity index (χ3n) is 3.15. The standard InChI is InChI=1S/C13H16N2O3/c1-8-3-4-11(18-2)10(5-8)15-7-9(13(14)17)6-12(15)16/h3-5,9H,6-7H2,1-2H3,(H2,14,17)/t9-/m1/s1. The monoisotopic (exact) mass is 248 g/mol. The fraction of sp³-hybridized carbons (Fsp3) is 0.385. The molecular formula is C13H16N2O3. The van der Waals surface area contributed by atoms with E-state index in [9.17, 15) is 9.59 Å². The van der Waals surface area contributed by atoms with Crippen molar-refractivity contribution in [2.45, 2.75) is 13.3 Å². The van der Waals surface area contributed by atoms with Crippen LogP contribution in [0.4, 0.5) is 5.69 Å². The summed E-state index contributed by atoms with van der Waals surface area (Å²) < 4.78 is 5.25. The largest absolute Gasteiger partial charge is 0.495 e. The van der Waals surface area contributed by atoms with Gasteiger partial charge in [0.25, 0.3) is 0 Å². The molecule has 0 aromatic heterocycles. The molecule has 1 fully saturated rings. The molecule has 1 aromatic carbocycles. The van der Waals surface area contributed by atoms with Crippen LogP contribution in [0.25, 0.3) is 0 Å². The second-order valence-electron chi connectivity index (χ2n) is 4.48. The molecule has 0 radical (unpaired) electrons. The first-order valence-electron chi connectivity index (χ1n) is 5.77. The van der Waals surface area contributed by atoms with Gasteiger partial charge in [0.05, 0.1) is 18.7 Å². The highest BCUT2D eigenvalue weighted by Crippen LogP contribution is 2.33. The molecule has 0 aliphatic carbocycles. The molecule has 2 N–H and O–H groups in total. The summed E-state index contributed by atoms with van der Waals surface area (Å²) in [6, 6.07) is 5.60. The number of amides is 2. The van der Waals surface area contributed by atoms with Gasteiger partial charge in [-0.1, -0.05) is 6.07 Å². The predicted octanol–water partition coefficient (Wildman–Crippen LogP) is 0.842. The van der Waals surface area contributed by atoms with E-state index in [2.05, 4.69) is 0 Å². The van der Waals surface area contributed by atoms with Crippen LogP contribution in [0.1, 0.15) is 12.0 Å². The molecule has 0 unspecified atom stereocenters. The zero-order chi connectivity index (χ0) is 13.3. The van der Waals surface area contributed by atoms with Crippen LogP contribution in [0.15, 0.2) is 18.2 Å². The number of primary amides is 1. The van der Waals surface area contributed by atoms with Crippen LogP contribution in [0.5, 0.6) is 5.75 Å². The third-order valence-corrected chi connectivity index (χ3v) is 3.15. The Hall–Kier alpha value is -2.04. The van der Waals surface area contributed by atoms with E-state index < -0.39 is 11.8 Å². The van der Waals surface area contributed by atoms with Crippen LogP contribution >= 0.6 is 0 Å². The fourth-order valence-electron chi connectivity index (χ4n) is 2.14. The zero-order valence-electron chi connectivity index (χ0n) is 10.5. The highest BCUT2D eigenvalue weighted by Gasteiger charge is 2.35. The molecule has 1 heterocycles. The van der Waals surface area contributed by atoms with Gasteiger partial charge < -0.3 is 15.4 Å². The fourth-order valence-corrected chi connectivity index (χ4v) is 2.14. The number of benzene rings is 1. The van der Waals surface area contributed by atoms with Crippen molar-refractivity contribution in [1.82, 2.24) is 0 Å². The second kappa shape index (κ2) is 4.68. The van der Waals surface area contributed by atoms with Gasteiger partial charge in [-0.15, -0.1) is 0 Å². The van der Waals surface area contributed by atoms with E-state index in [1.54, 1.807) is 12.0 Å². The van der Waals surface area contributed by atoms with Crippen molar-refractivity contribution in [3.63, 3.8) is 0 Å². The van der Waals surface area contributed by atoms with Crippen molar-refractivity contribution < 1.29 is 14.3 Å². The lowest BCUT2D eigenvalue weighted by Crippen LogP contribution is -2.28. The van der Waals surface area contributed by atoms with Gasteiger partial charge in [-0.2, -0.15) is 0 Å². The van der Waals surface area contributed by atoms with E-state index in [4.69, 9.17) is 10.5 Å². The maximum atomic E-state index is 11.9. The summed E-state index contributed by atoms with van der Waals surface area (Å²) in [5, 5.41) is 0. The first-order valence-corrected chi connectivity index (χ1v) is 5.77. The number of rotatable bonds is 3. The molecule has 1 aromatic rings. The molecule has 1 aliphatic rings. The Morgan fingerprint density at radius 2 is 2.22 bits per heavy atom. The van der Waals surface area contributed by atoms with E-state index in [0.29, 0.717) is 18.0 Å². The Morgan fingerprint density at radius 1 is 1.50 bits per heavy atom. The van der Waals surface area contributed by atoms with Gasteiger partial charge in [0, 0.05) is 13.0 Å². The van der Waals surface area contributed by atoms with Gasteiger partial charge in [0.15, 0.2) is 0 Å². The predicted molar refractivity (Wildman–Crippen MR) is 67.4 cm³/mol. The molecule has 5 nitrogen and oxygen atoms in total. The quantitative estimate of drug-likeness (QED) is 0.861. The SMILES string of the molecule is COc1ccc(C)cc1N1C[C@H](C(N)=O)CC1=O. The summed E-state index contributed by atoms with van der Waals surface area (Å²) in [4.78, 5) is 24.7. The second-order valence-corrected chi connectivity index (χ2v) is 4.48. The number of aryl methyl sites for hydroxylation is 1. The number of nitrogens with two attached hydrogens (primary N) is 1. The van der Waals surface area contributed by atoms with Crippen molar-refractivity contribution in [3.05, 3.63) is 23.8 Å². The topological polar surface area (TPSA) is 72.6 Å². The maximum Gasteiger partial charge on any atom is 0.227 e. The van der Waals surface area contributed by atoms with Crippen molar-refractivity contribution in [2.75, 3.05) is 18.6 Å². The van der Waals surface area contributed by atoms with E-state index in [0.717, 1.165) is 5.56 Å². The van der Waals surface area contributed by atoms with Crippen molar-refractivity contribution in [3.8, 4) is 5.75 Å². The van der Waals surface area contributed by atoms with Gasteiger partial charge in [0.2, 0.25) is 11.8 Å².